The number of anilines is 1. The van der Waals surface area contributed by atoms with Gasteiger partial charge in [0.15, 0.2) is 0 Å². The normalized spacial score (nSPS) is 35.6. The van der Waals surface area contributed by atoms with Gasteiger partial charge in [-0.15, -0.1) is 0 Å². The maximum atomic E-state index is 13.0. The number of rotatable bonds is 3. The number of nitrogens with one attached hydrogen (secondary N) is 1. The highest BCUT2D eigenvalue weighted by atomic mass is 35.5. The summed E-state index contributed by atoms with van der Waals surface area (Å²) in [7, 11) is 0. The molecular formula is C19H21ClF3NO2. The number of hydrogen-bond donors (Lipinski definition) is 2. The lowest BCUT2D eigenvalue weighted by Crippen LogP contribution is -2.56. The molecule has 5 rings (SSSR count). The third kappa shape index (κ3) is 3.33. The third-order valence-corrected chi connectivity index (χ3v) is 6.57. The number of amides is 1. The van der Waals surface area contributed by atoms with Crippen LogP contribution in [0.1, 0.15) is 50.5 Å². The van der Waals surface area contributed by atoms with E-state index >= 15 is 0 Å². The second kappa shape index (κ2) is 5.86. The highest BCUT2D eigenvalue weighted by molar-refractivity contribution is 6.31. The van der Waals surface area contributed by atoms with E-state index in [2.05, 4.69) is 5.32 Å². The minimum Gasteiger partial charge on any atom is -0.390 e. The first kappa shape index (κ1) is 18.1. The molecule has 1 aromatic carbocycles. The van der Waals surface area contributed by atoms with Crippen LogP contribution in [0.25, 0.3) is 0 Å². The largest absolute Gasteiger partial charge is 0.417 e. The summed E-state index contributed by atoms with van der Waals surface area (Å²) in [6, 6.07) is 3.39. The fourth-order valence-electron chi connectivity index (χ4n) is 5.97. The maximum absolute atomic E-state index is 13.0. The minimum absolute atomic E-state index is 0.0927. The van der Waals surface area contributed by atoms with Crippen molar-refractivity contribution in [1.29, 1.82) is 0 Å². The van der Waals surface area contributed by atoms with Gasteiger partial charge in [0.05, 0.1) is 16.2 Å². The molecular weight excluding hydrogens is 367 g/mol. The molecule has 2 N–H and O–H groups in total. The molecule has 7 heteroatoms. The van der Waals surface area contributed by atoms with Crippen LogP contribution in [-0.2, 0) is 11.0 Å². The van der Waals surface area contributed by atoms with Crippen molar-refractivity contribution >= 4 is 23.2 Å². The van der Waals surface area contributed by atoms with E-state index in [0.29, 0.717) is 18.3 Å². The molecule has 26 heavy (non-hydrogen) atoms. The monoisotopic (exact) mass is 387 g/mol. The molecule has 4 atom stereocenters. The minimum atomic E-state index is -4.57. The molecule has 4 bridgehead atoms. The van der Waals surface area contributed by atoms with Gasteiger partial charge in [-0.1, -0.05) is 11.6 Å². The summed E-state index contributed by atoms with van der Waals surface area (Å²) in [6.45, 7) is 0. The van der Waals surface area contributed by atoms with Gasteiger partial charge < -0.3 is 10.4 Å². The summed E-state index contributed by atoms with van der Waals surface area (Å²) < 4.78 is 38.9. The van der Waals surface area contributed by atoms with Gasteiger partial charge in [0.2, 0.25) is 5.91 Å². The van der Waals surface area contributed by atoms with Gasteiger partial charge in [-0.25, -0.2) is 0 Å². The Kier molecular flexibility index (Phi) is 4.08. The van der Waals surface area contributed by atoms with Crippen LogP contribution >= 0.6 is 11.6 Å². The molecule has 4 fully saturated rings. The molecule has 4 aliphatic rings. The number of benzene rings is 1. The van der Waals surface area contributed by atoms with Gasteiger partial charge in [-0.3, -0.25) is 4.79 Å². The third-order valence-electron chi connectivity index (χ3n) is 6.24. The van der Waals surface area contributed by atoms with Crippen molar-refractivity contribution < 1.29 is 23.1 Å². The predicted molar refractivity (Wildman–Crippen MR) is 91.8 cm³/mol. The fraction of sp³-hybridized carbons (Fsp3) is 0.632. The van der Waals surface area contributed by atoms with Crippen LogP contribution < -0.4 is 5.32 Å². The Morgan fingerprint density at radius 2 is 1.88 bits per heavy atom. The van der Waals surface area contributed by atoms with Crippen LogP contribution in [0.5, 0.6) is 0 Å². The van der Waals surface area contributed by atoms with Crippen molar-refractivity contribution in [2.45, 2.75) is 56.7 Å². The van der Waals surface area contributed by atoms with Crippen LogP contribution in [0.2, 0.25) is 5.02 Å². The van der Waals surface area contributed by atoms with Gasteiger partial charge >= 0.3 is 6.18 Å². The molecule has 4 saturated carbocycles. The molecule has 142 valence electrons. The second-order valence-electron chi connectivity index (χ2n) is 8.60. The summed E-state index contributed by atoms with van der Waals surface area (Å²) in [5.41, 5.74) is -1.74. The number of halogens is 4. The lowest BCUT2D eigenvalue weighted by Gasteiger charge is -2.60. The zero-order valence-electron chi connectivity index (χ0n) is 14.2. The van der Waals surface area contributed by atoms with Crippen LogP contribution in [0, 0.1) is 17.3 Å². The maximum Gasteiger partial charge on any atom is 0.417 e. The molecule has 1 amide bonds. The quantitative estimate of drug-likeness (QED) is 0.765. The van der Waals surface area contributed by atoms with E-state index in [4.69, 9.17) is 11.6 Å². The number of carbonyl (C=O) groups is 1. The molecule has 1 aromatic rings. The molecule has 3 nitrogen and oxygen atoms in total. The van der Waals surface area contributed by atoms with Crippen molar-refractivity contribution in [2.75, 3.05) is 5.32 Å². The molecule has 0 radical (unpaired) electrons. The Labute approximate surface area is 154 Å². The predicted octanol–water partition coefficient (Wildman–Crippen LogP) is 5.02. The number of alkyl halides is 3. The van der Waals surface area contributed by atoms with Crippen molar-refractivity contribution in [1.82, 2.24) is 0 Å². The smallest absolute Gasteiger partial charge is 0.390 e. The van der Waals surface area contributed by atoms with E-state index in [1.165, 1.54) is 6.07 Å². The summed E-state index contributed by atoms with van der Waals surface area (Å²) in [6.07, 6.45) is 0.902. The van der Waals surface area contributed by atoms with E-state index in [-0.39, 0.29) is 28.5 Å². The first-order valence-electron chi connectivity index (χ1n) is 8.95. The van der Waals surface area contributed by atoms with Crippen LogP contribution in [0.15, 0.2) is 18.2 Å². The van der Waals surface area contributed by atoms with Crippen molar-refractivity contribution in [3.8, 4) is 0 Å². The highest BCUT2D eigenvalue weighted by Crippen LogP contribution is 2.62. The average Bonchev–Trinajstić information content (AvgIpc) is 2.44. The van der Waals surface area contributed by atoms with Gasteiger partial charge in [-0.2, -0.15) is 13.2 Å². The summed E-state index contributed by atoms with van der Waals surface area (Å²) in [5.74, 6) is 0.619. The van der Waals surface area contributed by atoms with E-state index in [0.717, 1.165) is 44.2 Å². The Balaban J connectivity index is 1.48. The first-order chi connectivity index (χ1) is 12.1. The molecule has 4 aliphatic carbocycles. The molecule has 0 aliphatic heterocycles. The Morgan fingerprint density at radius 1 is 1.23 bits per heavy atom. The van der Waals surface area contributed by atoms with Crippen LogP contribution in [0.3, 0.4) is 0 Å². The topological polar surface area (TPSA) is 49.3 Å². The molecule has 0 aromatic heterocycles. The van der Waals surface area contributed by atoms with E-state index in [9.17, 15) is 23.1 Å². The van der Waals surface area contributed by atoms with E-state index in [1.807, 2.05) is 0 Å². The molecule has 0 saturated heterocycles. The van der Waals surface area contributed by atoms with E-state index in [1.54, 1.807) is 0 Å². The Morgan fingerprint density at radius 3 is 2.46 bits per heavy atom. The van der Waals surface area contributed by atoms with Crippen LogP contribution in [-0.4, -0.2) is 16.6 Å². The molecule has 0 heterocycles. The SMILES string of the molecule is O=C(CC12C[C@@H]3C[C@@H](CC(O)(C3)C1)C2)Nc1ccc(Cl)c(C(F)(F)F)c1. The zero-order valence-corrected chi connectivity index (χ0v) is 15.0. The fourth-order valence-corrected chi connectivity index (χ4v) is 6.20. The molecule has 0 spiro atoms. The highest BCUT2D eigenvalue weighted by Gasteiger charge is 2.57. The lowest BCUT2D eigenvalue weighted by molar-refractivity contribution is -0.167. The summed E-state index contributed by atoms with van der Waals surface area (Å²) in [5, 5.41) is 13.0. The van der Waals surface area contributed by atoms with Gasteiger partial charge in [0, 0.05) is 12.1 Å². The van der Waals surface area contributed by atoms with Gasteiger partial charge in [-0.05, 0) is 74.0 Å². The van der Waals surface area contributed by atoms with E-state index < -0.39 is 17.3 Å². The Hall–Kier alpha value is -1.27. The lowest BCUT2D eigenvalue weighted by atomic mass is 9.47. The average molecular weight is 388 g/mol. The van der Waals surface area contributed by atoms with Crippen molar-refractivity contribution in [3.63, 3.8) is 0 Å². The van der Waals surface area contributed by atoms with Gasteiger partial charge in [0.1, 0.15) is 0 Å². The second-order valence-corrected chi connectivity index (χ2v) is 9.01. The van der Waals surface area contributed by atoms with Crippen molar-refractivity contribution in [3.05, 3.63) is 28.8 Å². The molecule has 2 unspecified atom stereocenters. The standard InChI is InChI=1S/C19H21ClF3NO2/c20-15-2-1-13(4-14(15)19(21,22)23)24-16(25)9-17-5-11-3-12(6-17)8-18(26,7-11)10-17/h1-2,4,11-12,26H,3,5-10H2,(H,24,25)/t11-,12+,17?,18?. The number of hydrogen-bond acceptors (Lipinski definition) is 2. The van der Waals surface area contributed by atoms with Crippen LogP contribution in [0.4, 0.5) is 18.9 Å². The van der Waals surface area contributed by atoms with Gasteiger partial charge in [0.25, 0.3) is 0 Å². The number of aliphatic hydroxyl groups is 1. The number of carbonyl (C=O) groups excluding carboxylic acids is 1. The van der Waals surface area contributed by atoms with Crippen molar-refractivity contribution in [2.24, 2.45) is 17.3 Å². The first-order valence-corrected chi connectivity index (χ1v) is 9.33. The summed E-state index contributed by atoms with van der Waals surface area (Å²) >= 11 is 5.62. The summed E-state index contributed by atoms with van der Waals surface area (Å²) in [4.78, 5) is 12.5. The zero-order chi connectivity index (χ0) is 18.7. The Bertz CT molecular complexity index is 735.